The van der Waals surface area contributed by atoms with Crippen LogP contribution < -0.4 is 4.74 Å². The molecule has 3 rings (SSSR count). The second-order valence-electron chi connectivity index (χ2n) is 10.3. The molecule has 2 aromatic carbocycles. The molecule has 6 nitrogen and oxygen atoms in total. The monoisotopic (exact) mass is 483 g/mol. The van der Waals surface area contributed by atoms with Crippen molar-refractivity contribution in [3.63, 3.8) is 0 Å². The molecule has 0 saturated carbocycles. The van der Waals surface area contributed by atoms with E-state index in [1.165, 1.54) is 12.1 Å². The van der Waals surface area contributed by atoms with Gasteiger partial charge in [-0.25, -0.2) is 9.07 Å². The highest BCUT2D eigenvalue weighted by Gasteiger charge is 2.24. The summed E-state index contributed by atoms with van der Waals surface area (Å²) >= 11 is 0. The van der Waals surface area contributed by atoms with Crippen LogP contribution in [0.3, 0.4) is 0 Å². The summed E-state index contributed by atoms with van der Waals surface area (Å²) < 4.78 is 27.4. The number of aliphatic hydroxyl groups is 1. The number of rotatable bonds is 11. The third-order valence-electron chi connectivity index (χ3n) is 5.35. The highest BCUT2D eigenvalue weighted by Crippen LogP contribution is 2.32. The van der Waals surface area contributed by atoms with Crippen LogP contribution in [-0.4, -0.2) is 51.2 Å². The number of hydrogen-bond acceptors (Lipinski definition) is 5. The molecule has 1 N–H and O–H groups in total. The first kappa shape index (κ1) is 26.9. The number of para-hydroxylation sites is 1. The average Bonchev–Trinajstić information content (AvgIpc) is 3.08. The third kappa shape index (κ3) is 8.16. The van der Waals surface area contributed by atoms with Crippen molar-refractivity contribution in [3.05, 3.63) is 71.7 Å². The Morgan fingerprint density at radius 3 is 2.29 bits per heavy atom. The van der Waals surface area contributed by atoms with Gasteiger partial charge in [0.1, 0.15) is 11.6 Å². The number of hydrogen-bond donors (Lipinski definition) is 1. The number of aryl methyl sites for hydroxylation is 1. The number of benzene rings is 2. The lowest BCUT2D eigenvalue weighted by Gasteiger charge is -2.28. The van der Waals surface area contributed by atoms with Crippen molar-refractivity contribution in [1.82, 2.24) is 14.7 Å². The van der Waals surface area contributed by atoms with E-state index in [4.69, 9.17) is 14.6 Å². The first-order valence-electron chi connectivity index (χ1n) is 12.1. The molecule has 1 aromatic heterocycles. The molecule has 190 valence electrons. The van der Waals surface area contributed by atoms with E-state index in [1.807, 2.05) is 58.0 Å². The Morgan fingerprint density at radius 1 is 1.03 bits per heavy atom. The summed E-state index contributed by atoms with van der Waals surface area (Å²) in [6, 6.07) is 15.7. The Kier molecular flexibility index (Phi) is 9.05. The third-order valence-corrected chi connectivity index (χ3v) is 5.35. The van der Waals surface area contributed by atoms with E-state index in [2.05, 4.69) is 18.7 Å². The van der Waals surface area contributed by atoms with Gasteiger partial charge >= 0.3 is 0 Å². The number of halogens is 1. The van der Waals surface area contributed by atoms with Crippen molar-refractivity contribution in [2.45, 2.75) is 59.8 Å². The zero-order valence-electron chi connectivity index (χ0n) is 21.7. The maximum Gasteiger partial charge on any atom is 0.227 e. The molecule has 3 aromatic rings. The van der Waals surface area contributed by atoms with Crippen molar-refractivity contribution in [1.29, 1.82) is 0 Å². The fourth-order valence-electron chi connectivity index (χ4n) is 3.82. The van der Waals surface area contributed by atoms with E-state index in [1.54, 1.807) is 16.8 Å². The number of nitrogens with zero attached hydrogens (tertiary/aromatic N) is 3. The molecule has 0 saturated heterocycles. The van der Waals surface area contributed by atoms with Crippen molar-refractivity contribution in [2.75, 3.05) is 19.7 Å². The van der Waals surface area contributed by atoms with Gasteiger partial charge in [-0.05, 0) is 70.0 Å². The number of aromatic nitrogens is 2. The smallest absolute Gasteiger partial charge is 0.227 e. The molecular formula is C28H38FN3O3. The standard InChI is InChI=1S/C28H38FN3O3/c1-20(2)16-31(17-24(33)19-34-28(4,5)6)18-26-21(3)30-32(23-10-8-7-9-11-23)27(26)35-25-14-12-22(29)13-15-25/h7-15,20,24,33H,16-19H2,1-6H3. The summed E-state index contributed by atoms with van der Waals surface area (Å²) in [6.45, 7) is 14.3. The molecule has 7 heteroatoms. The molecule has 0 bridgehead atoms. The molecular weight excluding hydrogens is 445 g/mol. The van der Waals surface area contributed by atoms with Gasteiger partial charge in [0.15, 0.2) is 0 Å². The van der Waals surface area contributed by atoms with E-state index in [-0.39, 0.29) is 18.0 Å². The molecule has 1 atom stereocenters. The summed E-state index contributed by atoms with van der Waals surface area (Å²) in [5, 5.41) is 15.5. The highest BCUT2D eigenvalue weighted by atomic mass is 19.1. The van der Waals surface area contributed by atoms with Gasteiger partial charge in [-0.1, -0.05) is 32.0 Å². The Hall–Kier alpha value is -2.74. The van der Waals surface area contributed by atoms with Crippen LogP contribution in [0.2, 0.25) is 0 Å². The first-order valence-corrected chi connectivity index (χ1v) is 12.1. The Balaban J connectivity index is 1.92. The number of aliphatic hydroxyl groups excluding tert-OH is 1. The van der Waals surface area contributed by atoms with Crippen molar-refractivity contribution in [3.8, 4) is 17.3 Å². The SMILES string of the molecule is Cc1nn(-c2ccccc2)c(Oc2ccc(F)cc2)c1CN(CC(C)C)CC(O)COC(C)(C)C. The predicted octanol–water partition coefficient (Wildman–Crippen LogP) is 5.75. The average molecular weight is 484 g/mol. The van der Waals surface area contributed by atoms with Crippen LogP contribution in [0.1, 0.15) is 45.9 Å². The second kappa shape index (κ2) is 11.8. The van der Waals surface area contributed by atoms with Gasteiger partial charge in [-0.2, -0.15) is 5.10 Å². The minimum atomic E-state index is -0.626. The van der Waals surface area contributed by atoms with Gasteiger partial charge in [0, 0.05) is 19.6 Å². The van der Waals surface area contributed by atoms with E-state index in [0.29, 0.717) is 30.6 Å². The quantitative estimate of drug-likeness (QED) is 0.377. The maximum absolute atomic E-state index is 13.5. The van der Waals surface area contributed by atoms with E-state index in [9.17, 15) is 9.50 Å². The minimum absolute atomic E-state index is 0.263. The predicted molar refractivity (Wildman–Crippen MR) is 137 cm³/mol. The number of ether oxygens (including phenoxy) is 2. The fourth-order valence-corrected chi connectivity index (χ4v) is 3.82. The van der Waals surface area contributed by atoms with Crippen molar-refractivity contribution >= 4 is 0 Å². The fraction of sp³-hybridized carbons (Fsp3) is 0.464. The van der Waals surface area contributed by atoms with Gasteiger partial charge in [0.2, 0.25) is 5.88 Å². The van der Waals surface area contributed by atoms with Crippen LogP contribution in [0.15, 0.2) is 54.6 Å². The topological polar surface area (TPSA) is 59.8 Å². The molecule has 0 spiro atoms. The molecule has 1 unspecified atom stereocenters. The minimum Gasteiger partial charge on any atom is -0.439 e. The Labute approximate surface area is 208 Å². The molecule has 1 heterocycles. The van der Waals surface area contributed by atoms with E-state index < -0.39 is 6.10 Å². The lowest BCUT2D eigenvalue weighted by Crippen LogP contribution is -2.38. The van der Waals surface area contributed by atoms with Gasteiger partial charge in [-0.3, -0.25) is 4.90 Å². The van der Waals surface area contributed by atoms with Crippen LogP contribution in [0.5, 0.6) is 11.6 Å². The molecule has 0 radical (unpaired) electrons. The van der Waals surface area contributed by atoms with Crippen LogP contribution in [0.25, 0.3) is 5.69 Å². The van der Waals surface area contributed by atoms with E-state index >= 15 is 0 Å². The molecule has 0 amide bonds. The summed E-state index contributed by atoms with van der Waals surface area (Å²) in [5.41, 5.74) is 2.31. The van der Waals surface area contributed by atoms with Crippen LogP contribution in [0, 0.1) is 18.7 Å². The largest absolute Gasteiger partial charge is 0.439 e. The molecule has 0 aliphatic carbocycles. The maximum atomic E-state index is 13.5. The normalized spacial score (nSPS) is 13.0. The summed E-state index contributed by atoms with van der Waals surface area (Å²) in [4.78, 5) is 2.21. The summed E-state index contributed by atoms with van der Waals surface area (Å²) in [7, 11) is 0. The van der Waals surface area contributed by atoms with Gasteiger partial charge in [0.25, 0.3) is 0 Å². The lowest BCUT2D eigenvalue weighted by atomic mass is 10.1. The highest BCUT2D eigenvalue weighted by molar-refractivity contribution is 5.43. The second-order valence-corrected chi connectivity index (χ2v) is 10.3. The van der Waals surface area contributed by atoms with Gasteiger partial charge in [0.05, 0.1) is 35.3 Å². The summed E-state index contributed by atoms with van der Waals surface area (Å²) in [6.07, 6.45) is -0.626. The molecule has 35 heavy (non-hydrogen) atoms. The molecule has 0 fully saturated rings. The lowest BCUT2D eigenvalue weighted by molar-refractivity contribution is -0.0573. The van der Waals surface area contributed by atoms with Crippen LogP contribution in [-0.2, 0) is 11.3 Å². The zero-order valence-corrected chi connectivity index (χ0v) is 21.7. The van der Waals surface area contributed by atoms with Crippen LogP contribution >= 0.6 is 0 Å². The Bertz CT molecular complexity index is 1060. The van der Waals surface area contributed by atoms with Gasteiger partial charge < -0.3 is 14.6 Å². The molecule has 0 aliphatic rings. The van der Waals surface area contributed by atoms with E-state index in [0.717, 1.165) is 23.5 Å². The molecule has 0 aliphatic heterocycles. The van der Waals surface area contributed by atoms with Crippen molar-refractivity contribution in [2.24, 2.45) is 5.92 Å². The Morgan fingerprint density at radius 2 is 1.69 bits per heavy atom. The van der Waals surface area contributed by atoms with Crippen molar-refractivity contribution < 1.29 is 19.0 Å². The summed E-state index contributed by atoms with van der Waals surface area (Å²) in [5.74, 6) is 1.19. The van der Waals surface area contributed by atoms with Crippen LogP contribution in [0.4, 0.5) is 4.39 Å². The van der Waals surface area contributed by atoms with Gasteiger partial charge in [-0.15, -0.1) is 0 Å². The first-order chi connectivity index (χ1) is 16.5. The zero-order chi connectivity index (χ0) is 25.6.